The van der Waals surface area contributed by atoms with Gasteiger partial charge in [0, 0.05) is 38.8 Å². The van der Waals surface area contributed by atoms with Gasteiger partial charge in [-0.05, 0) is 18.2 Å². The molecule has 3 aromatic rings. The lowest BCUT2D eigenvalue weighted by Crippen LogP contribution is -2.51. The van der Waals surface area contributed by atoms with Gasteiger partial charge in [0.05, 0.1) is 10.9 Å². The molecule has 1 amide bonds. The maximum absolute atomic E-state index is 13.7. The highest BCUT2D eigenvalue weighted by Crippen LogP contribution is 2.33. The van der Waals surface area contributed by atoms with Crippen molar-refractivity contribution in [3.8, 4) is 17.2 Å². The number of hydrogen-bond donors (Lipinski definition) is 0. The molecule has 3 heterocycles. The summed E-state index contributed by atoms with van der Waals surface area (Å²) in [6.45, 7) is 6.49. The number of anilines is 1. The van der Waals surface area contributed by atoms with Gasteiger partial charge in [0.1, 0.15) is 13.2 Å². The van der Waals surface area contributed by atoms with E-state index in [0.717, 1.165) is 0 Å². The predicted octanol–water partition coefficient (Wildman–Crippen LogP) is 2.22. The SMILES string of the molecule is C=CCn1c(N2CCN(C(=O)COc3ccccc3F)CC2)nc2cc3c(cc2c1=O)OCCO3. The number of amides is 1. The molecule has 182 valence electrons. The van der Waals surface area contributed by atoms with E-state index in [2.05, 4.69) is 6.58 Å². The fourth-order valence-electron chi connectivity index (χ4n) is 4.23. The van der Waals surface area contributed by atoms with E-state index in [1.165, 1.54) is 12.1 Å². The van der Waals surface area contributed by atoms with Gasteiger partial charge in [0.25, 0.3) is 11.5 Å². The number of piperazine rings is 1. The average molecular weight is 480 g/mol. The van der Waals surface area contributed by atoms with Gasteiger partial charge in [0.15, 0.2) is 29.7 Å². The van der Waals surface area contributed by atoms with Crippen molar-refractivity contribution >= 4 is 22.8 Å². The van der Waals surface area contributed by atoms with Crippen molar-refractivity contribution in [2.24, 2.45) is 0 Å². The van der Waals surface area contributed by atoms with Gasteiger partial charge in [0.2, 0.25) is 5.95 Å². The molecule has 0 bridgehead atoms. The minimum absolute atomic E-state index is 0.0462. The first-order valence-electron chi connectivity index (χ1n) is 11.4. The third kappa shape index (κ3) is 4.51. The lowest BCUT2D eigenvalue weighted by molar-refractivity contribution is -0.133. The zero-order valence-corrected chi connectivity index (χ0v) is 19.1. The fourth-order valence-corrected chi connectivity index (χ4v) is 4.23. The number of para-hydroxylation sites is 1. The largest absolute Gasteiger partial charge is 0.486 e. The van der Waals surface area contributed by atoms with Gasteiger partial charge in [-0.3, -0.25) is 14.2 Å². The van der Waals surface area contributed by atoms with E-state index in [4.69, 9.17) is 19.2 Å². The Kier molecular flexibility index (Phi) is 6.26. The maximum Gasteiger partial charge on any atom is 0.263 e. The minimum atomic E-state index is -0.508. The number of rotatable bonds is 6. The first-order valence-corrected chi connectivity index (χ1v) is 11.4. The summed E-state index contributed by atoms with van der Waals surface area (Å²) in [6.07, 6.45) is 1.65. The summed E-state index contributed by atoms with van der Waals surface area (Å²) >= 11 is 0. The number of nitrogens with zero attached hydrogens (tertiary/aromatic N) is 4. The number of allylic oxidation sites excluding steroid dienone is 1. The normalized spacial score (nSPS) is 15.2. The highest BCUT2D eigenvalue weighted by Gasteiger charge is 2.26. The van der Waals surface area contributed by atoms with Crippen molar-refractivity contribution in [1.82, 2.24) is 14.5 Å². The van der Waals surface area contributed by atoms with Crippen LogP contribution in [0.1, 0.15) is 0 Å². The Hall–Kier alpha value is -4.08. The molecule has 2 aliphatic heterocycles. The third-order valence-electron chi connectivity index (χ3n) is 6.01. The van der Waals surface area contributed by atoms with Crippen LogP contribution < -0.4 is 24.7 Å². The lowest BCUT2D eigenvalue weighted by Gasteiger charge is -2.36. The molecule has 1 aromatic heterocycles. The first-order chi connectivity index (χ1) is 17.0. The zero-order valence-electron chi connectivity index (χ0n) is 19.1. The number of hydrogen-bond acceptors (Lipinski definition) is 7. The molecule has 0 N–H and O–H groups in total. The second kappa shape index (κ2) is 9.65. The molecule has 35 heavy (non-hydrogen) atoms. The van der Waals surface area contributed by atoms with Gasteiger partial charge in [-0.25, -0.2) is 9.37 Å². The molecule has 9 nitrogen and oxygen atoms in total. The molecule has 5 rings (SSSR count). The molecular weight excluding hydrogens is 455 g/mol. The smallest absolute Gasteiger partial charge is 0.263 e. The van der Waals surface area contributed by atoms with E-state index < -0.39 is 5.82 Å². The van der Waals surface area contributed by atoms with Crippen LogP contribution in [-0.4, -0.2) is 66.4 Å². The van der Waals surface area contributed by atoms with Gasteiger partial charge in [-0.1, -0.05) is 18.2 Å². The lowest BCUT2D eigenvalue weighted by atomic mass is 10.2. The molecular formula is C25H25FN4O5. The van der Waals surface area contributed by atoms with E-state index in [9.17, 15) is 14.0 Å². The summed E-state index contributed by atoms with van der Waals surface area (Å²) in [5.74, 6) is 0.912. The van der Waals surface area contributed by atoms with E-state index in [0.29, 0.717) is 74.3 Å². The predicted molar refractivity (Wildman–Crippen MR) is 128 cm³/mol. The quantitative estimate of drug-likeness (QED) is 0.500. The Morgan fingerprint density at radius 2 is 1.83 bits per heavy atom. The van der Waals surface area contributed by atoms with Gasteiger partial charge >= 0.3 is 0 Å². The fraction of sp³-hybridized carbons (Fsp3) is 0.320. The monoisotopic (exact) mass is 480 g/mol. The second-order valence-corrected chi connectivity index (χ2v) is 8.22. The third-order valence-corrected chi connectivity index (χ3v) is 6.01. The van der Waals surface area contributed by atoms with Crippen molar-refractivity contribution in [2.75, 3.05) is 50.9 Å². The van der Waals surface area contributed by atoms with Crippen molar-refractivity contribution in [3.63, 3.8) is 0 Å². The summed E-state index contributed by atoms with van der Waals surface area (Å²) in [5.41, 5.74) is 0.324. The summed E-state index contributed by atoms with van der Waals surface area (Å²) in [4.78, 5) is 34.4. The highest BCUT2D eigenvalue weighted by atomic mass is 19.1. The van der Waals surface area contributed by atoms with Crippen LogP contribution in [0.3, 0.4) is 0 Å². The molecule has 0 atom stereocenters. The van der Waals surface area contributed by atoms with E-state index in [1.807, 2.05) is 4.90 Å². The van der Waals surface area contributed by atoms with Crippen LogP contribution in [0.25, 0.3) is 10.9 Å². The topological polar surface area (TPSA) is 86.1 Å². The number of fused-ring (bicyclic) bond motifs is 2. The molecule has 2 aromatic carbocycles. The second-order valence-electron chi connectivity index (χ2n) is 8.22. The van der Waals surface area contributed by atoms with Gasteiger partial charge in [-0.15, -0.1) is 6.58 Å². The van der Waals surface area contributed by atoms with E-state index >= 15 is 0 Å². The molecule has 0 spiro atoms. The maximum atomic E-state index is 13.7. The zero-order chi connectivity index (χ0) is 24.4. The van der Waals surface area contributed by atoms with E-state index in [-0.39, 0.29) is 23.8 Å². The Morgan fingerprint density at radius 3 is 2.54 bits per heavy atom. The average Bonchev–Trinajstić information content (AvgIpc) is 2.89. The van der Waals surface area contributed by atoms with Gasteiger partial charge in [-0.2, -0.15) is 0 Å². The molecule has 1 saturated heterocycles. The number of carbonyl (C=O) groups is 1. The molecule has 0 aliphatic carbocycles. The van der Waals surface area contributed by atoms with Crippen LogP contribution >= 0.6 is 0 Å². The Labute approximate surface area is 200 Å². The van der Waals surface area contributed by atoms with Crippen LogP contribution in [0.15, 0.2) is 53.8 Å². The number of aromatic nitrogens is 2. The van der Waals surface area contributed by atoms with Gasteiger partial charge < -0.3 is 24.0 Å². The Balaban J connectivity index is 1.33. The minimum Gasteiger partial charge on any atom is -0.486 e. The Morgan fingerprint density at radius 1 is 1.11 bits per heavy atom. The summed E-state index contributed by atoms with van der Waals surface area (Å²) in [6, 6.07) is 9.38. The number of halogens is 1. The molecule has 0 radical (unpaired) electrons. The van der Waals surface area contributed by atoms with Crippen molar-refractivity contribution in [1.29, 1.82) is 0 Å². The number of carbonyl (C=O) groups excluding carboxylic acids is 1. The van der Waals surface area contributed by atoms with Crippen molar-refractivity contribution < 1.29 is 23.4 Å². The number of ether oxygens (including phenoxy) is 3. The Bertz CT molecular complexity index is 1330. The van der Waals surface area contributed by atoms with Crippen molar-refractivity contribution in [3.05, 3.63) is 65.2 Å². The summed E-state index contributed by atoms with van der Waals surface area (Å²) < 4.78 is 31.9. The molecule has 10 heteroatoms. The standard InChI is InChI=1S/C25H25FN4O5/c1-2-7-30-24(32)17-14-21-22(34-13-12-33-21)15-19(17)27-25(30)29-10-8-28(9-11-29)23(31)16-35-20-6-4-3-5-18(20)26/h2-6,14-15H,1,7-13,16H2. The number of benzene rings is 2. The summed E-state index contributed by atoms with van der Waals surface area (Å²) in [7, 11) is 0. The van der Waals surface area contributed by atoms with Crippen LogP contribution in [0.2, 0.25) is 0 Å². The molecule has 0 unspecified atom stereocenters. The van der Waals surface area contributed by atoms with Crippen LogP contribution in [0.5, 0.6) is 17.2 Å². The van der Waals surface area contributed by atoms with Crippen LogP contribution in [0.4, 0.5) is 10.3 Å². The molecule has 0 saturated carbocycles. The van der Waals surface area contributed by atoms with Crippen LogP contribution in [-0.2, 0) is 11.3 Å². The summed E-state index contributed by atoms with van der Waals surface area (Å²) in [5, 5.41) is 0.443. The van der Waals surface area contributed by atoms with Crippen molar-refractivity contribution in [2.45, 2.75) is 6.54 Å². The first kappa shape index (κ1) is 22.7. The van der Waals surface area contributed by atoms with Crippen LogP contribution in [0, 0.1) is 5.82 Å². The molecule has 2 aliphatic rings. The van der Waals surface area contributed by atoms with E-state index in [1.54, 1.807) is 39.8 Å². The molecule has 1 fully saturated rings. The highest BCUT2D eigenvalue weighted by molar-refractivity contribution is 5.83.